The van der Waals surface area contributed by atoms with Crippen LogP contribution in [0, 0.1) is 27.3 Å². The van der Waals surface area contributed by atoms with Crippen LogP contribution < -0.4 is 20.1 Å². The number of hydrogen-bond donors (Lipinski definition) is 1. The fourth-order valence-electron chi connectivity index (χ4n) is 3.26. The van der Waals surface area contributed by atoms with Gasteiger partial charge in [0.15, 0.2) is 5.57 Å². The standard InChI is InChI=1S/C25H15FN4O4S/c26-17-9-11-18(12-10-17)28-23(31)21(15-27)25-29(19-6-2-1-3-7-19)24(32)22(35-25)14-16-5-4-8-20(13-16)30(33)34/h1-14H,(H,28,31)/b22-14+,25-21-. The lowest BCUT2D eigenvalue weighted by Gasteiger charge is -2.05. The van der Waals surface area contributed by atoms with Crippen molar-refractivity contribution in [2.45, 2.75) is 0 Å². The number of hydrogen-bond acceptors (Lipinski definition) is 6. The summed E-state index contributed by atoms with van der Waals surface area (Å²) in [6, 6.07) is 21.1. The molecule has 0 saturated carbocycles. The number of rotatable bonds is 5. The summed E-state index contributed by atoms with van der Waals surface area (Å²) in [5.74, 6) is -1.25. The number of nitro benzene ring substituents is 1. The van der Waals surface area contributed by atoms with Gasteiger partial charge in [0.2, 0.25) is 0 Å². The molecule has 1 aromatic heterocycles. The van der Waals surface area contributed by atoms with Gasteiger partial charge in [0.05, 0.1) is 15.1 Å². The number of aromatic nitrogens is 1. The van der Waals surface area contributed by atoms with Crippen LogP contribution in [0.5, 0.6) is 0 Å². The number of para-hydroxylation sites is 1. The number of anilines is 1. The third-order valence-electron chi connectivity index (χ3n) is 4.87. The zero-order chi connectivity index (χ0) is 24.9. The van der Waals surface area contributed by atoms with E-state index in [4.69, 9.17) is 0 Å². The van der Waals surface area contributed by atoms with E-state index in [1.54, 1.807) is 36.4 Å². The number of non-ortho nitro benzene ring substituents is 1. The van der Waals surface area contributed by atoms with Crippen molar-refractivity contribution in [1.82, 2.24) is 4.57 Å². The average Bonchev–Trinajstić information content (AvgIpc) is 3.17. The predicted octanol–water partition coefficient (Wildman–Crippen LogP) is 3.09. The zero-order valence-electron chi connectivity index (χ0n) is 17.8. The van der Waals surface area contributed by atoms with Crippen molar-refractivity contribution in [3.8, 4) is 11.8 Å². The van der Waals surface area contributed by atoms with Gasteiger partial charge in [0.25, 0.3) is 17.2 Å². The summed E-state index contributed by atoms with van der Waals surface area (Å²) in [6.07, 6.45) is 1.47. The highest BCUT2D eigenvalue weighted by atomic mass is 32.1. The summed E-state index contributed by atoms with van der Waals surface area (Å²) in [5.41, 5.74) is 0.173. The molecule has 1 heterocycles. The van der Waals surface area contributed by atoms with Gasteiger partial charge >= 0.3 is 0 Å². The van der Waals surface area contributed by atoms with E-state index in [1.165, 1.54) is 53.1 Å². The van der Waals surface area contributed by atoms with Crippen LogP contribution in [0.2, 0.25) is 0 Å². The summed E-state index contributed by atoms with van der Waals surface area (Å²) in [6.45, 7) is 0. The molecule has 8 nitrogen and oxygen atoms in total. The van der Waals surface area contributed by atoms with Gasteiger partial charge in [-0.25, -0.2) is 4.39 Å². The molecule has 4 aromatic rings. The van der Waals surface area contributed by atoms with Crippen molar-refractivity contribution in [1.29, 1.82) is 5.26 Å². The molecule has 172 valence electrons. The molecule has 0 bridgehead atoms. The molecule has 3 aromatic carbocycles. The van der Waals surface area contributed by atoms with Gasteiger partial charge in [-0.3, -0.25) is 24.3 Å². The monoisotopic (exact) mass is 486 g/mol. The minimum Gasteiger partial charge on any atom is -0.321 e. The summed E-state index contributed by atoms with van der Waals surface area (Å²) in [5, 5.41) is 23.5. The number of amides is 1. The zero-order valence-corrected chi connectivity index (χ0v) is 18.7. The molecule has 0 radical (unpaired) electrons. The van der Waals surface area contributed by atoms with Gasteiger partial charge in [-0.15, -0.1) is 11.3 Å². The molecule has 1 amide bonds. The lowest BCUT2D eigenvalue weighted by atomic mass is 10.2. The quantitative estimate of drug-likeness (QED) is 0.344. The third-order valence-corrected chi connectivity index (χ3v) is 5.96. The normalized spacial score (nSPS) is 12.1. The Morgan fingerprint density at radius 3 is 2.46 bits per heavy atom. The Morgan fingerprint density at radius 1 is 1.09 bits per heavy atom. The number of halogens is 1. The second-order valence-electron chi connectivity index (χ2n) is 7.19. The molecule has 0 unspecified atom stereocenters. The number of thiazole rings is 1. The first-order valence-electron chi connectivity index (χ1n) is 10.1. The maximum Gasteiger partial charge on any atom is 0.273 e. The molecule has 10 heteroatoms. The molecule has 0 aliphatic rings. The third kappa shape index (κ3) is 5.05. The van der Waals surface area contributed by atoms with E-state index in [0.717, 1.165) is 11.3 Å². The Balaban J connectivity index is 1.94. The van der Waals surface area contributed by atoms with E-state index >= 15 is 0 Å². The summed E-state index contributed by atoms with van der Waals surface area (Å²) in [7, 11) is 0. The van der Waals surface area contributed by atoms with Gasteiger partial charge in [0.1, 0.15) is 16.5 Å². The minimum atomic E-state index is -0.771. The molecule has 0 atom stereocenters. The first-order valence-corrected chi connectivity index (χ1v) is 10.9. The van der Waals surface area contributed by atoms with Crippen molar-refractivity contribution in [3.63, 3.8) is 0 Å². The molecule has 0 spiro atoms. The molecule has 4 rings (SSSR count). The fraction of sp³-hybridized carbons (Fsp3) is 0. The lowest BCUT2D eigenvalue weighted by Crippen LogP contribution is -2.32. The second-order valence-corrected chi connectivity index (χ2v) is 8.22. The number of nitrogens with zero attached hydrogens (tertiary/aromatic N) is 3. The highest BCUT2D eigenvalue weighted by molar-refractivity contribution is 7.07. The SMILES string of the molecule is N#C/C(C(=O)Nc1ccc(F)cc1)=c1/s/c(=C/c2cccc([N+](=O)[O-])c2)c(=O)n1-c1ccccc1. The van der Waals surface area contributed by atoms with Crippen molar-refractivity contribution >= 4 is 40.3 Å². The molecule has 0 aliphatic carbocycles. The van der Waals surface area contributed by atoms with Crippen molar-refractivity contribution < 1.29 is 14.1 Å². The molecular weight excluding hydrogens is 471 g/mol. The number of benzene rings is 3. The van der Waals surface area contributed by atoms with Crippen molar-refractivity contribution in [2.75, 3.05) is 5.32 Å². The van der Waals surface area contributed by atoms with Crippen LogP contribution in [0.4, 0.5) is 15.8 Å². The van der Waals surface area contributed by atoms with Crippen LogP contribution in [0.15, 0.2) is 83.7 Å². The topological polar surface area (TPSA) is 118 Å². The molecule has 0 aliphatic heterocycles. The number of nitriles is 1. The maximum atomic E-state index is 13.4. The van der Waals surface area contributed by atoms with Gasteiger partial charge < -0.3 is 5.32 Å². The Morgan fingerprint density at radius 2 is 1.80 bits per heavy atom. The van der Waals surface area contributed by atoms with E-state index in [9.17, 15) is 29.4 Å². The number of carbonyl (C=O) groups is 1. The summed E-state index contributed by atoms with van der Waals surface area (Å²) < 4.78 is 14.7. The highest BCUT2D eigenvalue weighted by Crippen LogP contribution is 2.14. The van der Waals surface area contributed by atoms with Crippen LogP contribution in [0.3, 0.4) is 0 Å². The van der Waals surface area contributed by atoms with Gasteiger partial charge in [-0.05, 0) is 48.0 Å². The van der Waals surface area contributed by atoms with E-state index < -0.39 is 22.2 Å². The molecule has 0 fully saturated rings. The van der Waals surface area contributed by atoms with Crippen LogP contribution in [-0.4, -0.2) is 15.4 Å². The average molecular weight is 486 g/mol. The summed E-state index contributed by atoms with van der Waals surface area (Å²) in [4.78, 5) is 36.9. The Labute approximate surface area is 201 Å². The fourth-order valence-corrected chi connectivity index (χ4v) is 4.37. The molecule has 35 heavy (non-hydrogen) atoms. The molecular formula is C25H15FN4O4S. The van der Waals surface area contributed by atoms with Crippen LogP contribution in [0.25, 0.3) is 17.3 Å². The van der Waals surface area contributed by atoms with Crippen molar-refractivity contribution in [3.05, 3.63) is 120 Å². The Hall–Kier alpha value is -4.88. The molecule has 1 N–H and O–H groups in total. The lowest BCUT2D eigenvalue weighted by molar-refractivity contribution is -0.384. The minimum absolute atomic E-state index is 0.0833. The van der Waals surface area contributed by atoms with Crippen molar-refractivity contribution in [2.24, 2.45) is 0 Å². The first kappa shape index (κ1) is 23.3. The van der Waals surface area contributed by atoms with Crippen LogP contribution >= 0.6 is 11.3 Å². The Bertz CT molecular complexity index is 1650. The number of nitro groups is 1. The van der Waals surface area contributed by atoms with Gasteiger partial charge in [-0.1, -0.05) is 30.3 Å². The predicted molar refractivity (Wildman–Crippen MR) is 130 cm³/mol. The van der Waals surface area contributed by atoms with Gasteiger partial charge in [-0.2, -0.15) is 5.26 Å². The van der Waals surface area contributed by atoms with Crippen LogP contribution in [-0.2, 0) is 4.79 Å². The molecule has 0 saturated heterocycles. The van der Waals surface area contributed by atoms with Crippen LogP contribution in [0.1, 0.15) is 5.56 Å². The highest BCUT2D eigenvalue weighted by Gasteiger charge is 2.17. The van der Waals surface area contributed by atoms with E-state index in [-0.39, 0.29) is 26.1 Å². The second kappa shape index (κ2) is 9.94. The maximum absolute atomic E-state index is 13.4. The van der Waals surface area contributed by atoms with E-state index in [2.05, 4.69) is 5.32 Å². The smallest absolute Gasteiger partial charge is 0.273 e. The van der Waals surface area contributed by atoms with E-state index in [1.807, 2.05) is 6.07 Å². The largest absolute Gasteiger partial charge is 0.321 e. The number of nitrogens with one attached hydrogen (secondary N) is 1. The first-order chi connectivity index (χ1) is 16.9. The number of carbonyl (C=O) groups excluding carboxylic acids is 1. The Kier molecular flexibility index (Phi) is 6.62. The van der Waals surface area contributed by atoms with Gasteiger partial charge in [0, 0.05) is 17.8 Å². The van der Waals surface area contributed by atoms with E-state index in [0.29, 0.717) is 11.3 Å². The summed E-state index contributed by atoms with van der Waals surface area (Å²) >= 11 is 0.909.